The van der Waals surface area contributed by atoms with Crippen LogP contribution >= 0.6 is 0 Å². The molecule has 1 saturated heterocycles. The minimum atomic E-state index is -0.938. The van der Waals surface area contributed by atoms with Crippen molar-refractivity contribution in [3.63, 3.8) is 0 Å². The second kappa shape index (κ2) is 6.26. The van der Waals surface area contributed by atoms with Crippen LogP contribution in [0.4, 0.5) is 5.69 Å². The third-order valence-electron chi connectivity index (χ3n) is 5.47. The third kappa shape index (κ3) is 2.89. The Kier molecular flexibility index (Phi) is 4.02. The molecule has 0 spiro atoms. The number of anilines is 1. The molecule has 0 saturated carbocycles. The van der Waals surface area contributed by atoms with Gasteiger partial charge in [0.05, 0.1) is 24.6 Å². The molecular formula is C20H20N2O5. The quantitative estimate of drug-likeness (QED) is 0.894. The van der Waals surface area contributed by atoms with Gasteiger partial charge in [-0.15, -0.1) is 0 Å². The molecule has 2 aromatic rings. The van der Waals surface area contributed by atoms with Gasteiger partial charge in [0.25, 0.3) is 5.91 Å². The zero-order valence-corrected chi connectivity index (χ0v) is 15.0. The maximum Gasteiger partial charge on any atom is 0.311 e. The summed E-state index contributed by atoms with van der Waals surface area (Å²) in [6.07, 6.45) is 2.18. The molecule has 2 amide bonds. The molecular weight excluding hydrogens is 348 g/mol. The van der Waals surface area contributed by atoms with Gasteiger partial charge in [-0.1, -0.05) is 18.2 Å². The van der Waals surface area contributed by atoms with Crippen molar-refractivity contribution in [2.45, 2.75) is 26.3 Å². The average Bonchev–Trinajstić information content (AvgIpc) is 3.34. The van der Waals surface area contributed by atoms with Crippen LogP contribution in [-0.4, -0.2) is 40.9 Å². The lowest BCUT2D eigenvalue weighted by atomic mass is 9.90. The second-order valence-electron chi connectivity index (χ2n) is 7.40. The number of carbonyl (C=O) groups excluding carboxylic acids is 2. The van der Waals surface area contributed by atoms with Gasteiger partial charge >= 0.3 is 5.97 Å². The molecule has 140 valence electrons. The SMILES string of the molecule is CC1(C(=O)O)CCN(C(=O)c2occc2CN2C(=O)Cc3ccccc32)C1. The summed E-state index contributed by atoms with van der Waals surface area (Å²) < 4.78 is 5.42. The molecule has 1 fully saturated rings. The van der Waals surface area contributed by atoms with Crippen LogP contribution in [0.15, 0.2) is 41.0 Å². The summed E-state index contributed by atoms with van der Waals surface area (Å²) in [6, 6.07) is 9.28. The summed E-state index contributed by atoms with van der Waals surface area (Å²) >= 11 is 0. The van der Waals surface area contributed by atoms with E-state index in [0.717, 1.165) is 11.3 Å². The lowest BCUT2D eigenvalue weighted by Gasteiger charge is -2.21. The first-order valence-electron chi connectivity index (χ1n) is 8.86. The molecule has 27 heavy (non-hydrogen) atoms. The van der Waals surface area contributed by atoms with Crippen LogP contribution in [0.25, 0.3) is 0 Å². The Morgan fingerprint density at radius 2 is 2.04 bits per heavy atom. The number of fused-ring (bicyclic) bond motifs is 1. The van der Waals surface area contributed by atoms with Crippen LogP contribution in [0, 0.1) is 5.41 Å². The normalized spacial score (nSPS) is 21.6. The Balaban J connectivity index is 1.55. The Bertz CT molecular complexity index is 934. The molecule has 7 heteroatoms. The lowest BCUT2D eigenvalue weighted by Crippen LogP contribution is -2.35. The van der Waals surface area contributed by atoms with Crippen LogP contribution in [0.5, 0.6) is 0 Å². The van der Waals surface area contributed by atoms with E-state index in [1.807, 2.05) is 24.3 Å². The number of aliphatic carboxylic acids is 1. The molecule has 1 N–H and O–H groups in total. The highest BCUT2D eigenvalue weighted by molar-refractivity contribution is 6.01. The number of amides is 2. The Morgan fingerprint density at radius 3 is 2.78 bits per heavy atom. The first-order chi connectivity index (χ1) is 12.9. The van der Waals surface area contributed by atoms with Crippen molar-refractivity contribution in [1.82, 2.24) is 4.90 Å². The maximum atomic E-state index is 12.9. The van der Waals surface area contributed by atoms with E-state index >= 15 is 0 Å². The first kappa shape index (κ1) is 17.3. The summed E-state index contributed by atoms with van der Waals surface area (Å²) in [6.45, 7) is 2.41. The smallest absolute Gasteiger partial charge is 0.311 e. The number of carboxylic acids is 1. The predicted molar refractivity (Wildman–Crippen MR) is 96.3 cm³/mol. The number of benzene rings is 1. The number of carboxylic acid groups (broad SMARTS) is 1. The van der Waals surface area contributed by atoms with Crippen LogP contribution < -0.4 is 4.90 Å². The molecule has 2 aliphatic heterocycles. The van der Waals surface area contributed by atoms with Gasteiger partial charge in [-0.3, -0.25) is 14.4 Å². The van der Waals surface area contributed by atoms with Gasteiger partial charge in [0, 0.05) is 24.3 Å². The molecule has 1 atom stereocenters. The van der Waals surface area contributed by atoms with Gasteiger partial charge in [-0.05, 0) is 31.0 Å². The Morgan fingerprint density at radius 1 is 1.26 bits per heavy atom. The van der Waals surface area contributed by atoms with E-state index in [4.69, 9.17) is 4.42 Å². The molecule has 1 aromatic heterocycles. The van der Waals surface area contributed by atoms with Crippen molar-refractivity contribution in [2.24, 2.45) is 5.41 Å². The molecule has 1 unspecified atom stereocenters. The summed E-state index contributed by atoms with van der Waals surface area (Å²) in [5.41, 5.74) is 1.50. The summed E-state index contributed by atoms with van der Waals surface area (Å²) in [4.78, 5) is 39.9. The zero-order chi connectivity index (χ0) is 19.2. The summed E-state index contributed by atoms with van der Waals surface area (Å²) in [5, 5.41) is 9.36. The predicted octanol–water partition coefficient (Wildman–Crippen LogP) is 2.31. The van der Waals surface area contributed by atoms with Gasteiger partial charge in [0.2, 0.25) is 5.91 Å². The van der Waals surface area contributed by atoms with E-state index < -0.39 is 11.4 Å². The largest absolute Gasteiger partial charge is 0.481 e. The van der Waals surface area contributed by atoms with Gasteiger partial charge in [-0.25, -0.2) is 0 Å². The van der Waals surface area contributed by atoms with Crippen molar-refractivity contribution in [3.05, 3.63) is 53.5 Å². The van der Waals surface area contributed by atoms with Crippen molar-refractivity contribution in [2.75, 3.05) is 18.0 Å². The fourth-order valence-corrected chi connectivity index (χ4v) is 3.76. The number of rotatable bonds is 4. The topological polar surface area (TPSA) is 91.1 Å². The first-order valence-corrected chi connectivity index (χ1v) is 8.86. The molecule has 4 rings (SSSR count). The minimum absolute atomic E-state index is 0.0181. The van der Waals surface area contributed by atoms with E-state index in [9.17, 15) is 19.5 Å². The molecule has 3 heterocycles. The zero-order valence-electron chi connectivity index (χ0n) is 15.0. The van der Waals surface area contributed by atoms with Crippen molar-refractivity contribution >= 4 is 23.5 Å². The van der Waals surface area contributed by atoms with Gasteiger partial charge in [-0.2, -0.15) is 0 Å². The lowest BCUT2D eigenvalue weighted by molar-refractivity contribution is -0.147. The number of nitrogens with zero attached hydrogens (tertiary/aromatic N) is 2. The molecule has 0 aliphatic carbocycles. The second-order valence-corrected chi connectivity index (χ2v) is 7.40. The van der Waals surface area contributed by atoms with Crippen LogP contribution in [0.3, 0.4) is 0 Å². The highest BCUT2D eigenvalue weighted by Gasteiger charge is 2.43. The monoisotopic (exact) mass is 368 g/mol. The van der Waals surface area contributed by atoms with Crippen LogP contribution in [0.2, 0.25) is 0 Å². The Hall–Kier alpha value is -3.09. The maximum absolute atomic E-state index is 12.9. The molecule has 2 aliphatic rings. The highest BCUT2D eigenvalue weighted by atomic mass is 16.4. The number of hydrogen-bond acceptors (Lipinski definition) is 4. The fraction of sp³-hybridized carbons (Fsp3) is 0.350. The number of likely N-dealkylation sites (tertiary alicyclic amines) is 1. The van der Waals surface area contributed by atoms with E-state index in [1.165, 1.54) is 11.2 Å². The van der Waals surface area contributed by atoms with E-state index in [1.54, 1.807) is 17.9 Å². The molecule has 0 bridgehead atoms. The van der Waals surface area contributed by atoms with Crippen molar-refractivity contribution in [1.29, 1.82) is 0 Å². The van der Waals surface area contributed by atoms with Crippen LogP contribution in [-0.2, 0) is 22.6 Å². The third-order valence-corrected chi connectivity index (χ3v) is 5.47. The Labute approximate surface area is 156 Å². The highest BCUT2D eigenvalue weighted by Crippen LogP contribution is 2.33. The summed E-state index contributed by atoms with van der Waals surface area (Å²) in [5.74, 6) is -1.09. The van der Waals surface area contributed by atoms with E-state index in [-0.39, 0.29) is 30.7 Å². The van der Waals surface area contributed by atoms with Gasteiger partial charge in [0.1, 0.15) is 0 Å². The molecule has 1 aromatic carbocycles. The number of para-hydroxylation sites is 1. The molecule has 0 radical (unpaired) electrons. The van der Waals surface area contributed by atoms with E-state index in [2.05, 4.69) is 0 Å². The van der Waals surface area contributed by atoms with Gasteiger partial charge < -0.3 is 19.3 Å². The van der Waals surface area contributed by atoms with E-state index in [0.29, 0.717) is 24.9 Å². The number of carbonyl (C=O) groups is 3. The number of furan rings is 1. The fourth-order valence-electron chi connectivity index (χ4n) is 3.76. The molecule has 7 nitrogen and oxygen atoms in total. The standard InChI is InChI=1S/C20H20N2O5/c1-20(19(25)26)7-8-21(12-20)18(24)17-14(6-9-27-17)11-22-15-5-3-2-4-13(15)10-16(22)23/h2-6,9H,7-8,10-12H2,1H3,(H,25,26). The summed E-state index contributed by atoms with van der Waals surface area (Å²) in [7, 11) is 0. The van der Waals surface area contributed by atoms with Crippen molar-refractivity contribution < 1.29 is 23.9 Å². The van der Waals surface area contributed by atoms with Crippen molar-refractivity contribution in [3.8, 4) is 0 Å². The number of hydrogen-bond donors (Lipinski definition) is 1. The van der Waals surface area contributed by atoms with Gasteiger partial charge in [0.15, 0.2) is 5.76 Å². The average molecular weight is 368 g/mol. The minimum Gasteiger partial charge on any atom is -0.481 e. The van der Waals surface area contributed by atoms with Crippen LogP contribution in [0.1, 0.15) is 35.0 Å².